The smallest absolute Gasteiger partial charge is 0.264 e. The van der Waals surface area contributed by atoms with Crippen molar-refractivity contribution in [1.29, 1.82) is 0 Å². The van der Waals surface area contributed by atoms with E-state index in [4.69, 9.17) is 11.6 Å². The number of carbonyl (C=O) groups excluding carboxylic acids is 2. The molecule has 1 fully saturated rings. The van der Waals surface area contributed by atoms with Crippen LogP contribution in [-0.2, 0) is 32.6 Å². The average molecular weight is 666 g/mol. The highest BCUT2D eigenvalue weighted by atomic mass is 35.5. The maximum absolute atomic E-state index is 14.5. The van der Waals surface area contributed by atoms with Crippen molar-refractivity contribution in [2.45, 2.75) is 55.6 Å². The fourth-order valence-corrected chi connectivity index (χ4v) is 7.20. The van der Waals surface area contributed by atoms with Gasteiger partial charge in [0.2, 0.25) is 11.8 Å². The largest absolute Gasteiger partial charge is 0.352 e. The summed E-state index contributed by atoms with van der Waals surface area (Å²) < 4.78 is 56.9. The van der Waals surface area contributed by atoms with Crippen LogP contribution < -0.4 is 9.62 Å². The maximum Gasteiger partial charge on any atom is 0.264 e. The molecule has 0 aromatic heterocycles. The van der Waals surface area contributed by atoms with Crippen LogP contribution in [0, 0.1) is 11.6 Å². The van der Waals surface area contributed by atoms with Gasteiger partial charge in [0.25, 0.3) is 10.0 Å². The van der Waals surface area contributed by atoms with E-state index in [-0.39, 0.29) is 40.5 Å². The van der Waals surface area contributed by atoms with Crippen molar-refractivity contribution in [3.8, 4) is 0 Å². The summed E-state index contributed by atoms with van der Waals surface area (Å²) >= 11 is 6.06. The quantitative estimate of drug-likeness (QED) is 0.187. The minimum absolute atomic E-state index is 0.0275. The van der Waals surface area contributed by atoms with E-state index in [0.29, 0.717) is 5.56 Å². The standard InChI is InChI=1S/C35H34ClF2N3O4S/c36-31-22-29(19-20-32(31)38)41(46(44,45)30-13-5-2-6-14-30)24-34(42)40(23-26-15-17-27(37)18-16-26)33(21-25-9-3-1-4-10-25)35(43)39-28-11-7-8-12-28/h1-6,9-10,13-20,22,28,33H,7-8,11-12,21,23-24H2,(H,39,43)/t33-/m1/s1. The molecular formula is C35H34ClF2N3O4S. The lowest BCUT2D eigenvalue weighted by molar-refractivity contribution is -0.140. The molecule has 0 spiro atoms. The molecule has 0 bridgehead atoms. The fraction of sp³-hybridized carbons (Fsp3) is 0.257. The molecule has 1 saturated carbocycles. The van der Waals surface area contributed by atoms with Crippen LogP contribution in [0.4, 0.5) is 14.5 Å². The van der Waals surface area contributed by atoms with E-state index >= 15 is 0 Å². The first-order valence-corrected chi connectivity index (χ1v) is 16.8. The summed E-state index contributed by atoms with van der Waals surface area (Å²) in [4.78, 5) is 29.7. The number of nitrogens with one attached hydrogen (secondary N) is 1. The van der Waals surface area contributed by atoms with Crippen LogP contribution in [0.5, 0.6) is 0 Å². The molecule has 0 unspecified atom stereocenters. The number of hydrogen-bond donors (Lipinski definition) is 1. The van der Waals surface area contributed by atoms with Gasteiger partial charge >= 0.3 is 0 Å². The number of halogens is 3. The molecule has 0 aliphatic heterocycles. The second-order valence-corrected chi connectivity index (χ2v) is 13.5. The third-order valence-corrected chi connectivity index (χ3v) is 10.1. The Balaban J connectivity index is 1.57. The molecule has 4 aromatic rings. The Hall–Kier alpha value is -4.28. The van der Waals surface area contributed by atoms with E-state index in [2.05, 4.69) is 5.32 Å². The Bertz CT molecular complexity index is 1750. The van der Waals surface area contributed by atoms with E-state index in [1.165, 1.54) is 47.4 Å². The third kappa shape index (κ3) is 8.10. The number of amides is 2. The minimum atomic E-state index is -4.36. The number of hydrogen-bond acceptors (Lipinski definition) is 4. The van der Waals surface area contributed by atoms with Crippen LogP contribution in [0.15, 0.2) is 108 Å². The zero-order valence-electron chi connectivity index (χ0n) is 25.0. The van der Waals surface area contributed by atoms with Gasteiger partial charge in [-0.15, -0.1) is 0 Å². The molecule has 1 aliphatic rings. The summed E-state index contributed by atoms with van der Waals surface area (Å²) in [6, 6.07) is 24.6. The Labute approximate surface area is 272 Å². The van der Waals surface area contributed by atoms with Gasteiger partial charge in [-0.2, -0.15) is 0 Å². The monoisotopic (exact) mass is 665 g/mol. The second-order valence-electron chi connectivity index (χ2n) is 11.3. The zero-order valence-corrected chi connectivity index (χ0v) is 26.6. The summed E-state index contributed by atoms with van der Waals surface area (Å²) in [6.07, 6.45) is 3.77. The van der Waals surface area contributed by atoms with Crippen molar-refractivity contribution < 1.29 is 26.8 Å². The minimum Gasteiger partial charge on any atom is -0.352 e. The molecule has 0 saturated heterocycles. The summed E-state index contributed by atoms with van der Waals surface area (Å²) in [7, 11) is -4.36. The topological polar surface area (TPSA) is 86.8 Å². The highest BCUT2D eigenvalue weighted by Crippen LogP contribution is 2.29. The van der Waals surface area contributed by atoms with Crippen molar-refractivity contribution in [1.82, 2.24) is 10.2 Å². The van der Waals surface area contributed by atoms with Gasteiger partial charge < -0.3 is 10.2 Å². The summed E-state index contributed by atoms with van der Waals surface area (Å²) in [5.41, 5.74) is 1.31. The number of rotatable bonds is 12. The number of nitrogens with zero attached hydrogens (tertiary/aromatic N) is 2. The van der Waals surface area contributed by atoms with Crippen molar-refractivity contribution in [2.75, 3.05) is 10.8 Å². The normalized spacial score (nSPS) is 14.1. The van der Waals surface area contributed by atoms with Gasteiger partial charge in [0.05, 0.1) is 15.6 Å². The van der Waals surface area contributed by atoms with Crippen molar-refractivity contribution in [3.63, 3.8) is 0 Å². The number of carbonyl (C=O) groups is 2. The Kier molecular flexibility index (Phi) is 10.7. The van der Waals surface area contributed by atoms with Crippen LogP contribution in [-0.4, -0.2) is 43.8 Å². The van der Waals surface area contributed by atoms with Gasteiger partial charge in [-0.3, -0.25) is 13.9 Å². The van der Waals surface area contributed by atoms with E-state index in [0.717, 1.165) is 47.7 Å². The van der Waals surface area contributed by atoms with Gasteiger partial charge in [-0.05, 0) is 66.4 Å². The lowest BCUT2D eigenvalue weighted by Gasteiger charge is -2.34. The first-order valence-electron chi connectivity index (χ1n) is 15.0. The molecule has 4 aromatic carbocycles. The number of anilines is 1. The van der Waals surface area contributed by atoms with Crippen LogP contribution in [0.25, 0.3) is 0 Å². The molecule has 0 radical (unpaired) electrons. The van der Waals surface area contributed by atoms with Crippen LogP contribution in [0.1, 0.15) is 36.8 Å². The SMILES string of the molecule is O=C(NC1CCCC1)[C@@H](Cc1ccccc1)N(Cc1ccc(F)cc1)C(=O)CN(c1ccc(F)c(Cl)c1)S(=O)(=O)c1ccccc1. The molecule has 7 nitrogen and oxygen atoms in total. The molecular weight excluding hydrogens is 632 g/mol. The third-order valence-electron chi connectivity index (χ3n) is 8.04. The average Bonchev–Trinajstić information content (AvgIpc) is 3.57. The first-order chi connectivity index (χ1) is 22.1. The molecule has 46 heavy (non-hydrogen) atoms. The van der Waals surface area contributed by atoms with Gasteiger partial charge in [-0.1, -0.05) is 85.1 Å². The van der Waals surface area contributed by atoms with Crippen LogP contribution >= 0.6 is 11.6 Å². The van der Waals surface area contributed by atoms with E-state index in [1.54, 1.807) is 18.2 Å². The van der Waals surface area contributed by atoms with Gasteiger partial charge in [0.15, 0.2) is 0 Å². The number of benzene rings is 4. The van der Waals surface area contributed by atoms with Gasteiger partial charge in [0, 0.05) is 19.0 Å². The Morgan fingerprint density at radius 3 is 2.11 bits per heavy atom. The molecule has 11 heteroatoms. The lowest BCUT2D eigenvalue weighted by atomic mass is 10.0. The molecule has 1 aliphatic carbocycles. The maximum atomic E-state index is 14.5. The fourth-order valence-electron chi connectivity index (χ4n) is 5.60. The second kappa shape index (κ2) is 14.9. The molecule has 2 amide bonds. The van der Waals surface area contributed by atoms with Crippen molar-refractivity contribution >= 4 is 39.1 Å². The molecule has 240 valence electrons. The predicted molar refractivity (Wildman–Crippen MR) is 174 cm³/mol. The lowest BCUT2D eigenvalue weighted by Crippen LogP contribution is -2.54. The Morgan fingerprint density at radius 1 is 0.848 bits per heavy atom. The van der Waals surface area contributed by atoms with Gasteiger partial charge in [0.1, 0.15) is 24.2 Å². The van der Waals surface area contributed by atoms with Crippen LogP contribution in [0.2, 0.25) is 5.02 Å². The first kappa shape index (κ1) is 33.1. The van der Waals surface area contributed by atoms with Crippen LogP contribution in [0.3, 0.4) is 0 Å². The zero-order chi connectivity index (χ0) is 32.7. The molecule has 1 N–H and O–H groups in total. The summed E-state index contributed by atoms with van der Waals surface area (Å²) in [6.45, 7) is -0.819. The Morgan fingerprint density at radius 2 is 1.48 bits per heavy atom. The molecule has 1 atom stereocenters. The summed E-state index contributed by atoms with van der Waals surface area (Å²) in [5, 5.41) is 2.78. The predicted octanol–water partition coefficient (Wildman–Crippen LogP) is 6.51. The van der Waals surface area contributed by atoms with E-state index in [1.807, 2.05) is 30.3 Å². The van der Waals surface area contributed by atoms with E-state index in [9.17, 15) is 26.8 Å². The highest BCUT2D eigenvalue weighted by molar-refractivity contribution is 7.92. The van der Waals surface area contributed by atoms with E-state index < -0.39 is 40.2 Å². The summed E-state index contributed by atoms with van der Waals surface area (Å²) in [5.74, 6) is -2.27. The van der Waals surface area contributed by atoms with Gasteiger partial charge in [-0.25, -0.2) is 17.2 Å². The number of sulfonamides is 1. The molecule has 0 heterocycles. The van der Waals surface area contributed by atoms with Crippen molar-refractivity contribution in [3.05, 3.63) is 131 Å². The molecule has 5 rings (SSSR count). The van der Waals surface area contributed by atoms with Crippen molar-refractivity contribution in [2.24, 2.45) is 0 Å². The highest BCUT2D eigenvalue weighted by Gasteiger charge is 2.35.